The van der Waals surface area contributed by atoms with Crippen molar-refractivity contribution < 1.29 is 18.3 Å². The number of halogens is 1. The first kappa shape index (κ1) is 20.0. The van der Waals surface area contributed by atoms with Gasteiger partial charge in [0.05, 0.1) is 25.3 Å². The molecule has 0 saturated carbocycles. The normalized spacial score (nSPS) is 18.3. The number of furan rings is 1. The molecule has 8 heteroatoms. The molecule has 1 saturated heterocycles. The van der Waals surface area contributed by atoms with Crippen molar-refractivity contribution in [1.29, 1.82) is 0 Å². The fourth-order valence-corrected chi connectivity index (χ4v) is 3.88. The second-order valence-corrected chi connectivity index (χ2v) is 7.24. The Kier molecular flexibility index (Phi) is 5.76. The van der Waals surface area contributed by atoms with E-state index in [-0.39, 0.29) is 30.3 Å². The number of thiocarbonyl (C=S) groups is 1. The van der Waals surface area contributed by atoms with E-state index in [0.29, 0.717) is 23.2 Å². The van der Waals surface area contributed by atoms with E-state index in [4.69, 9.17) is 21.4 Å². The Balaban J connectivity index is 1.68. The monoisotopic (exact) mass is 425 g/mol. The predicted molar refractivity (Wildman–Crippen MR) is 113 cm³/mol. The molecule has 1 aliphatic heterocycles. The minimum Gasteiger partial charge on any atom is -0.469 e. The molecule has 3 heterocycles. The Morgan fingerprint density at radius 3 is 2.73 bits per heavy atom. The maximum absolute atomic E-state index is 13.3. The molecule has 1 aliphatic rings. The summed E-state index contributed by atoms with van der Waals surface area (Å²) in [6.07, 6.45) is 1.91. The number of aromatic nitrogens is 1. The zero-order valence-corrected chi connectivity index (χ0v) is 17.1. The number of hydrogen-bond acceptors (Lipinski definition) is 5. The van der Waals surface area contributed by atoms with Gasteiger partial charge in [-0.25, -0.2) is 4.39 Å². The van der Waals surface area contributed by atoms with Crippen molar-refractivity contribution in [3.63, 3.8) is 0 Å². The highest BCUT2D eigenvalue weighted by Crippen LogP contribution is 2.40. The minimum atomic E-state index is -0.315. The number of esters is 1. The topological polar surface area (TPSA) is 67.6 Å². The van der Waals surface area contributed by atoms with Crippen LogP contribution in [0.4, 0.5) is 4.39 Å². The summed E-state index contributed by atoms with van der Waals surface area (Å²) in [7, 11) is 1.36. The van der Waals surface area contributed by atoms with E-state index in [0.717, 1.165) is 11.3 Å². The van der Waals surface area contributed by atoms with Gasteiger partial charge >= 0.3 is 5.97 Å². The maximum atomic E-state index is 13.3. The number of nitrogens with one attached hydrogen (secondary N) is 1. The van der Waals surface area contributed by atoms with Crippen LogP contribution in [-0.4, -0.2) is 34.6 Å². The number of carbonyl (C=O) groups excluding carboxylic acids is 1. The summed E-state index contributed by atoms with van der Waals surface area (Å²) < 4.78 is 24.2. The summed E-state index contributed by atoms with van der Waals surface area (Å²) >= 11 is 5.55. The van der Waals surface area contributed by atoms with Crippen molar-refractivity contribution in [2.45, 2.75) is 18.5 Å². The van der Waals surface area contributed by atoms with Crippen molar-refractivity contribution in [3.8, 4) is 11.3 Å². The Bertz CT molecular complexity index is 1040. The standard InChI is InChI=1S/C22H20FN3O3S/c1-28-19(27)11-13-26-21(20(25-22(26)30)16-4-2-3-12-24-16)18-10-9-17(29-18)14-5-7-15(23)8-6-14/h2-10,12,20-21H,11,13H2,1H3,(H,25,30)/t20-,21+/m1/s1. The molecule has 1 fully saturated rings. The lowest BCUT2D eigenvalue weighted by Crippen LogP contribution is -2.31. The number of nitrogens with zero attached hydrogens (tertiary/aromatic N) is 2. The Morgan fingerprint density at radius 2 is 2.03 bits per heavy atom. The van der Waals surface area contributed by atoms with Gasteiger partial charge in [-0.2, -0.15) is 0 Å². The summed E-state index contributed by atoms with van der Waals surface area (Å²) in [5.41, 5.74) is 1.58. The van der Waals surface area contributed by atoms with Gasteiger partial charge in [0.15, 0.2) is 5.11 Å². The second kappa shape index (κ2) is 8.62. The van der Waals surface area contributed by atoms with E-state index >= 15 is 0 Å². The first-order valence-electron chi connectivity index (χ1n) is 9.47. The van der Waals surface area contributed by atoms with Crippen molar-refractivity contribution in [1.82, 2.24) is 15.2 Å². The molecular formula is C22H20FN3O3S. The third kappa shape index (κ3) is 4.04. The zero-order valence-electron chi connectivity index (χ0n) is 16.2. The average Bonchev–Trinajstić information content (AvgIpc) is 3.37. The van der Waals surface area contributed by atoms with Gasteiger partial charge in [-0.3, -0.25) is 9.78 Å². The SMILES string of the molecule is COC(=O)CCN1C(=S)N[C@H](c2ccccn2)[C@@H]1c1ccc(-c2ccc(F)cc2)o1. The van der Waals surface area contributed by atoms with Crippen LogP contribution in [0, 0.1) is 5.82 Å². The quantitative estimate of drug-likeness (QED) is 0.473. The molecular weight excluding hydrogens is 405 g/mol. The predicted octanol–water partition coefficient (Wildman–Crippen LogP) is 4.02. The second-order valence-electron chi connectivity index (χ2n) is 6.86. The molecule has 1 N–H and O–H groups in total. The molecule has 0 bridgehead atoms. The molecule has 0 amide bonds. The van der Waals surface area contributed by atoms with Gasteiger partial charge in [-0.15, -0.1) is 0 Å². The van der Waals surface area contributed by atoms with Crippen LogP contribution in [0.1, 0.15) is 30.0 Å². The number of ether oxygens (including phenoxy) is 1. The number of methoxy groups -OCH3 is 1. The van der Waals surface area contributed by atoms with Gasteiger partial charge in [0.2, 0.25) is 0 Å². The van der Waals surface area contributed by atoms with E-state index in [1.165, 1.54) is 19.2 Å². The fourth-order valence-electron chi connectivity index (χ4n) is 3.55. The van der Waals surface area contributed by atoms with Crippen molar-refractivity contribution >= 4 is 23.3 Å². The van der Waals surface area contributed by atoms with E-state index in [1.54, 1.807) is 18.3 Å². The maximum Gasteiger partial charge on any atom is 0.307 e. The summed E-state index contributed by atoms with van der Waals surface area (Å²) in [6.45, 7) is 0.374. The molecule has 3 aromatic rings. The van der Waals surface area contributed by atoms with Gasteiger partial charge in [0, 0.05) is 18.3 Å². The molecule has 0 spiro atoms. The lowest BCUT2D eigenvalue weighted by molar-refractivity contribution is -0.140. The summed E-state index contributed by atoms with van der Waals surface area (Å²) in [4.78, 5) is 18.1. The molecule has 0 radical (unpaired) electrons. The Labute approximate surface area is 178 Å². The molecule has 6 nitrogen and oxygen atoms in total. The number of hydrogen-bond donors (Lipinski definition) is 1. The summed E-state index contributed by atoms with van der Waals surface area (Å²) in [5.74, 6) is 0.669. The highest BCUT2D eigenvalue weighted by molar-refractivity contribution is 7.80. The number of benzene rings is 1. The first-order chi connectivity index (χ1) is 14.6. The third-order valence-electron chi connectivity index (χ3n) is 5.03. The molecule has 30 heavy (non-hydrogen) atoms. The average molecular weight is 425 g/mol. The van der Waals surface area contributed by atoms with E-state index in [9.17, 15) is 9.18 Å². The van der Waals surface area contributed by atoms with Crippen LogP contribution >= 0.6 is 12.2 Å². The molecule has 0 aliphatic carbocycles. The van der Waals surface area contributed by atoms with Gasteiger partial charge in [-0.1, -0.05) is 6.07 Å². The van der Waals surface area contributed by atoms with Crippen molar-refractivity contribution in [2.75, 3.05) is 13.7 Å². The van der Waals surface area contributed by atoms with E-state index in [1.807, 2.05) is 35.2 Å². The number of rotatable bonds is 6. The number of carbonyl (C=O) groups is 1. The van der Waals surface area contributed by atoms with Crippen LogP contribution < -0.4 is 5.32 Å². The van der Waals surface area contributed by atoms with Gasteiger partial charge in [-0.05, 0) is 60.7 Å². The highest BCUT2D eigenvalue weighted by atomic mass is 32.1. The van der Waals surface area contributed by atoms with Gasteiger partial charge in [0.25, 0.3) is 0 Å². The van der Waals surface area contributed by atoms with Gasteiger partial charge in [0.1, 0.15) is 23.4 Å². The zero-order chi connectivity index (χ0) is 21.1. The van der Waals surface area contributed by atoms with Crippen molar-refractivity contribution in [2.24, 2.45) is 0 Å². The smallest absolute Gasteiger partial charge is 0.307 e. The van der Waals surface area contributed by atoms with Crippen LogP contribution in [0.3, 0.4) is 0 Å². The lowest BCUT2D eigenvalue weighted by atomic mass is 10.0. The third-order valence-corrected chi connectivity index (χ3v) is 5.38. The fraction of sp³-hybridized carbons (Fsp3) is 0.227. The Hall–Kier alpha value is -3.26. The molecule has 1 aromatic carbocycles. The van der Waals surface area contributed by atoms with Gasteiger partial charge < -0.3 is 19.4 Å². The van der Waals surface area contributed by atoms with Crippen LogP contribution in [-0.2, 0) is 9.53 Å². The van der Waals surface area contributed by atoms with E-state index in [2.05, 4.69) is 10.3 Å². The minimum absolute atomic E-state index is 0.190. The lowest BCUT2D eigenvalue weighted by Gasteiger charge is -2.25. The molecule has 2 aromatic heterocycles. The summed E-state index contributed by atoms with van der Waals surface area (Å²) in [6, 6.07) is 15.0. The molecule has 154 valence electrons. The molecule has 0 unspecified atom stereocenters. The van der Waals surface area contributed by atoms with Crippen molar-refractivity contribution in [3.05, 3.63) is 78.1 Å². The van der Waals surface area contributed by atoms with Crippen LogP contribution in [0.2, 0.25) is 0 Å². The summed E-state index contributed by atoms with van der Waals surface area (Å²) in [5, 5.41) is 3.81. The molecule has 2 atom stereocenters. The van der Waals surface area contributed by atoms with Crippen LogP contribution in [0.25, 0.3) is 11.3 Å². The first-order valence-corrected chi connectivity index (χ1v) is 9.88. The van der Waals surface area contributed by atoms with Crippen LogP contribution in [0.15, 0.2) is 65.2 Å². The largest absolute Gasteiger partial charge is 0.469 e. The van der Waals surface area contributed by atoms with E-state index < -0.39 is 0 Å². The van der Waals surface area contributed by atoms with Crippen LogP contribution in [0.5, 0.6) is 0 Å². The molecule has 4 rings (SSSR count). The Morgan fingerprint density at radius 1 is 1.23 bits per heavy atom. The highest BCUT2D eigenvalue weighted by Gasteiger charge is 2.41. The number of pyridine rings is 1.